The van der Waals surface area contributed by atoms with Crippen LogP contribution in [0.25, 0.3) is 156 Å². The molecule has 0 aliphatic heterocycles. The zero-order chi connectivity index (χ0) is 59.2. The van der Waals surface area contributed by atoms with Gasteiger partial charge in [-0.15, -0.1) is 20.4 Å². The molecule has 17 rings (SSSR count). The molecule has 17 aromatic rings. The maximum atomic E-state index is 7.52. The first-order chi connectivity index (χ1) is 43.0. The Kier molecular flexibility index (Phi) is 11.2. The number of para-hydroxylation sites is 8. The summed E-state index contributed by atoms with van der Waals surface area (Å²) >= 11 is 0. The Labute approximate surface area is 506 Å². The lowest BCUT2D eigenvalue weighted by molar-refractivity contribution is 0.579. The predicted octanol–water partition coefficient (Wildman–Crippen LogP) is 20.1. The molecule has 0 N–H and O–H groups in total. The molecule has 0 unspecified atom stereocenters. The molecule has 10 nitrogen and oxygen atoms in total. The molecular formula is C78H58N8O2. The van der Waals surface area contributed by atoms with Crippen molar-refractivity contribution in [1.29, 1.82) is 0 Å². The second kappa shape index (κ2) is 19.2. The van der Waals surface area contributed by atoms with E-state index in [0.29, 0.717) is 34.7 Å². The van der Waals surface area contributed by atoms with Gasteiger partial charge in [0.2, 0.25) is 11.8 Å². The van der Waals surface area contributed by atoms with Gasteiger partial charge in [-0.2, -0.15) is 0 Å². The van der Waals surface area contributed by atoms with Gasteiger partial charge in [0, 0.05) is 54.2 Å². The molecule has 0 saturated carbocycles. The largest absolute Gasteiger partial charge is 0.416 e. The third-order valence-corrected chi connectivity index (χ3v) is 17.9. The Bertz CT molecular complexity index is 4840. The molecule has 0 bridgehead atoms. The lowest BCUT2D eigenvalue weighted by atomic mass is 9.87. The Morgan fingerprint density at radius 3 is 0.636 bits per heavy atom. The summed E-state index contributed by atoms with van der Waals surface area (Å²) in [5.41, 5.74) is 16.0. The molecule has 0 spiro atoms. The molecule has 0 atom stereocenters. The second-order valence-corrected chi connectivity index (χ2v) is 25.1. The van der Waals surface area contributed by atoms with E-state index < -0.39 is 0 Å². The summed E-state index contributed by atoms with van der Waals surface area (Å²) in [4.78, 5) is 0. The van der Waals surface area contributed by atoms with Crippen molar-refractivity contribution in [3.05, 3.63) is 254 Å². The van der Waals surface area contributed by atoms with Gasteiger partial charge in [-0.1, -0.05) is 211 Å². The predicted molar refractivity (Wildman–Crippen MR) is 359 cm³/mol. The molecule has 0 aliphatic carbocycles. The molecule has 0 aliphatic rings. The van der Waals surface area contributed by atoms with Crippen molar-refractivity contribution in [3.8, 4) is 68.6 Å². The van der Waals surface area contributed by atoms with Gasteiger partial charge in [-0.05, 0) is 94.8 Å². The van der Waals surface area contributed by atoms with Crippen LogP contribution in [-0.4, -0.2) is 38.7 Å². The first-order valence-corrected chi connectivity index (χ1v) is 30.1. The number of rotatable bonds is 8. The molecule has 88 heavy (non-hydrogen) atoms. The van der Waals surface area contributed by atoms with Gasteiger partial charge in [0.25, 0.3) is 11.8 Å². The van der Waals surface area contributed by atoms with Crippen molar-refractivity contribution < 1.29 is 8.83 Å². The minimum absolute atomic E-state index is 0.0723. The quantitative estimate of drug-likeness (QED) is 0.150. The highest BCUT2D eigenvalue weighted by Gasteiger charge is 2.39. The van der Waals surface area contributed by atoms with Gasteiger partial charge in [0.15, 0.2) is 0 Å². The lowest BCUT2D eigenvalue weighted by Gasteiger charge is -2.29. The van der Waals surface area contributed by atoms with Gasteiger partial charge in [0.1, 0.15) is 0 Å². The third-order valence-electron chi connectivity index (χ3n) is 17.9. The maximum absolute atomic E-state index is 7.52. The van der Waals surface area contributed by atoms with Crippen LogP contribution < -0.4 is 0 Å². The van der Waals surface area contributed by atoms with Crippen LogP contribution in [0.3, 0.4) is 0 Å². The van der Waals surface area contributed by atoms with Gasteiger partial charge in [0.05, 0.1) is 78.0 Å². The molecule has 0 amide bonds. The molecule has 6 aromatic heterocycles. The number of hydrogen-bond donors (Lipinski definition) is 0. The molecule has 6 heterocycles. The van der Waals surface area contributed by atoms with E-state index in [1.54, 1.807) is 0 Å². The van der Waals surface area contributed by atoms with Crippen LogP contribution in [0.15, 0.2) is 251 Å². The fraction of sp³-hybridized carbons (Fsp3) is 0.103. The molecule has 10 heteroatoms. The van der Waals surface area contributed by atoms with Crippen molar-refractivity contribution in [2.24, 2.45) is 0 Å². The van der Waals surface area contributed by atoms with Crippen molar-refractivity contribution in [1.82, 2.24) is 38.7 Å². The molecule has 11 aromatic carbocycles. The molecule has 0 radical (unpaired) electrons. The summed E-state index contributed by atoms with van der Waals surface area (Å²) in [6, 6.07) is 86.5. The summed E-state index contributed by atoms with van der Waals surface area (Å²) in [5.74, 6) is 1.39. The lowest BCUT2D eigenvalue weighted by Crippen LogP contribution is -2.16. The highest BCUT2D eigenvalue weighted by molar-refractivity contribution is 6.18. The van der Waals surface area contributed by atoms with E-state index in [9.17, 15) is 0 Å². The zero-order valence-electron chi connectivity index (χ0n) is 49.5. The average molecular weight is 1140 g/mol. The minimum atomic E-state index is -0.0723. The second-order valence-electron chi connectivity index (χ2n) is 25.1. The maximum Gasteiger partial charge on any atom is 0.252 e. The summed E-state index contributed by atoms with van der Waals surface area (Å²) in [5, 5.41) is 29.5. The third kappa shape index (κ3) is 7.67. The number of benzene rings is 11. The summed E-state index contributed by atoms with van der Waals surface area (Å²) < 4.78 is 24.7. The fourth-order valence-electron chi connectivity index (χ4n) is 13.7. The summed E-state index contributed by atoms with van der Waals surface area (Å²) in [7, 11) is 0. The van der Waals surface area contributed by atoms with Crippen molar-refractivity contribution in [3.63, 3.8) is 0 Å². The van der Waals surface area contributed by atoms with Crippen molar-refractivity contribution in [2.75, 3.05) is 0 Å². The summed E-state index contributed by atoms with van der Waals surface area (Å²) in [6.07, 6.45) is 0. The van der Waals surface area contributed by atoms with E-state index in [1.165, 1.54) is 11.1 Å². The number of nitrogens with zero attached hydrogens (tertiary/aromatic N) is 8. The Hall–Kier alpha value is -11.1. The van der Waals surface area contributed by atoms with Crippen LogP contribution in [0.2, 0.25) is 0 Å². The normalized spacial score (nSPS) is 12.4. The van der Waals surface area contributed by atoms with Gasteiger partial charge < -0.3 is 27.1 Å². The van der Waals surface area contributed by atoms with E-state index in [4.69, 9.17) is 29.2 Å². The zero-order valence-corrected chi connectivity index (χ0v) is 49.5. The first kappa shape index (κ1) is 51.3. The topological polar surface area (TPSA) is 97.6 Å². The number of fused-ring (bicyclic) bond motifs is 12. The monoisotopic (exact) mass is 1140 g/mol. The number of aromatic nitrogens is 8. The SMILES string of the molecule is CC(C)(C)c1ccc(-c2nnc(-c3c(-n4c5ccccc5c5ccccc54)c(-n4c5ccccc5c5ccccc54)c(-c4nnc(-c5ccc(C(C)(C)C)cc5)o4)c(-n4c5ccccc5c5ccccc54)c3-n3c4ccccc4c4ccccc43)o2)cc1. The molecular weight excluding hydrogens is 1080 g/mol. The molecule has 0 saturated heterocycles. The van der Waals surface area contributed by atoms with E-state index in [-0.39, 0.29) is 10.8 Å². The van der Waals surface area contributed by atoms with Crippen LogP contribution in [0.1, 0.15) is 52.7 Å². The van der Waals surface area contributed by atoms with Crippen LogP contribution in [0, 0.1) is 0 Å². The average Bonchev–Trinajstić information content (AvgIpc) is 1.69. The summed E-state index contributed by atoms with van der Waals surface area (Å²) in [6.45, 7) is 13.4. The van der Waals surface area contributed by atoms with E-state index in [0.717, 1.165) is 121 Å². The van der Waals surface area contributed by atoms with Crippen LogP contribution in [0.4, 0.5) is 0 Å². The smallest absolute Gasteiger partial charge is 0.252 e. The Morgan fingerprint density at radius 1 is 0.239 bits per heavy atom. The van der Waals surface area contributed by atoms with Crippen LogP contribution in [-0.2, 0) is 10.8 Å². The fourth-order valence-corrected chi connectivity index (χ4v) is 13.7. The van der Waals surface area contributed by atoms with Gasteiger partial charge in [-0.25, -0.2) is 0 Å². The van der Waals surface area contributed by atoms with Crippen molar-refractivity contribution >= 4 is 87.2 Å². The molecule has 422 valence electrons. The standard InChI is InChI=1S/C78H58N8O2/c1-77(2,3)49-43-39-47(40-44-49)73-79-81-75(87-73)67-69(83-59-31-15-7-23-51(59)52-24-8-16-32-60(52)83)71(85-63-35-19-11-27-55(63)56-28-12-20-36-64(56)85)68(76-82-80-74(88-76)48-41-45-50(46-42-48)78(4,5)6)72(86-65-37-21-13-29-57(65)58-30-14-22-38-66(58)86)70(67)84-61-33-17-9-25-53(61)54-26-10-18-34-62(54)84/h7-46H,1-6H3. The van der Waals surface area contributed by atoms with E-state index in [1.807, 2.05) is 0 Å². The van der Waals surface area contributed by atoms with Crippen LogP contribution in [0.5, 0.6) is 0 Å². The van der Waals surface area contributed by atoms with Gasteiger partial charge in [-0.3, -0.25) is 0 Å². The van der Waals surface area contributed by atoms with E-state index >= 15 is 0 Å². The van der Waals surface area contributed by atoms with Gasteiger partial charge >= 0.3 is 0 Å². The first-order valence-electron chi connectivity index (χ1n) is 30.1. The van der Waals surface area contributed by atoms with Crippen LogP contribution >= 0.6 is 0 Å². The number of hydrogen-bond acceptors (Lipinski definition) is 6. The molecule has 0 fully saturated rings. The van der Waals surface area contributed by atoms with Crippen molar-refractivity contribution in [2.45, 2.75) is 52.4 Å². The van der Waals surface area contributed by atoms with E-state index in [2.05, 4.69) is 302 Å². The highest BCUT2D eigenvalue weighted by atomic mass is 16.4. The Balaban J connectivity index is 1.18. The Morgan fingerprint density at radius 2 is 0.432 bits per heavy atom. The highest BCUT2D eigenvalue weighted by Crippen LogP contribution is 2.54. The minimum Gasteiger partial charge on any atom is -0.416 e.